The molecule has 0 radical (unpaired) electrons. The number of nitrogens with one attached hydrogen (secondary N) is 5. The van der Waals surface area contributed by atoms with Gasteiger partial charge in [-0.15, -0.1) is 0 Å². The van der Waals surface area contributed by atoms with Crippen molar-refractivity contribution in [3.63, 3.8) is 0 Å². The van der Waals surface area contributed by atoms with E-state index < -0.39 is 57.3 Å². The second-order valence-electron chi connectivity index (χ2n) is 17.0. The highest BCUT2D eigenvalue weighted by Crippen LogP contribution is 2.40. The molecule has 70 heavy (non-hydrogen) atoms. The minimum Gasteiger partial charge on any atom is -0.494 e. The SMILES string of the molecule is Cc1cc(OCCCc2c(C(=O)NS(=O)(=O)CCNC(=O)CCOCCOCCNc3cccc4c3C(=O)N(C3CCC(=O)NC3=O)C4=O)[nH]c3c(-c4c(C)nn(C)c4C)c(Cl)ccc23)cc(C)c1Cl. The number of halogens is 2. The maximum Gasteiger partial charge on any atom is 0.281 e. The Morgan fingerprint density at radius 1 is 0.886 bits per heavy atom. The number of aromatic nitrogens is 3. The van der Waals surface area contributed by atoms with Gasteiger partial charge in [0.1, 0.15) is 17.5 Å². The average molecular weight is 1020 g/mol. The Morgan fingerprint density at radius 2 is 1.61 bits per heavy atom. The molecule has 1 unspecified atom stereocenters. The quantitative estimate of drug-likeness (QED) is 0.0441. The van der Waals surface area contributed by atoms with E-state index in [9.17, 15) is 37.2 Å². The molecule has 2 aliphatic rings. The van der Waals surface area contributed by atoms with E-state index in [4.69, 9.17) is 37.4 Å². The van der Waals surface area contributed by atoms with E-state index in [1.54, 1.807) is 28.9 Å². The predicted molar refractivity (Wildman–Crippen MR) is 262 cm³/mol. The molecular weight excluding hydrogens is 968 g/mol. The molecule has 0 spiro atoms. The zero-order chi connectivity index (χ0) is 50.4. The number of imide groups is 2. The lowest BCUT2D eigenvalue weighted by atomic mass is 9.98. The van der Waals surface area contributed by atoms with Crippen LogP contribution in [0.25, 0.3) is 22.0 Å². The van der Waals surface area contributed by atoms with Crippen LogP contribution in [0, 0.1) is 27.7 Å². The molecule has 4 heterocycles. The number of aromatic amines is 1. The fourth-order valence-corrected chi connectivity index (χ4v) is 9.84. The van der Waals surface area contributed by atoms with Crippen LogP contribution >= 0.6 is 23.2 Å². The van der Waals surface area contributed by atoms with Crippen molar-refractivity contribution in [1.29, 1.82) is 0 Å². The summed E-state index contributed by atoms with van der Waals surface area (Å²) in [6, 6.07) is 10.9. The van der Waals surface area contributed by atoms with Gasteiger partial charge in [-0.2, -0.15) is 5.10 Å². The zero-order valence-electron chi connectivity index (χ0n) is 39.3. The van der Waals surface area contributed by atoms with Crippen LogP contribution in [0.15, 0.2) is 42.5 Å². The lowest BCUT2D eigenvalue weighted by molar-refractivity contribution is -0.136. The molecule has 5 N–H and O–H groups in total. The minimum atomic E-state index is -4.23. The highest BCUT2D eigenvalue weighted by atomic mass is 35.5. The van der Waals surface area contributed by atoms with Gasteiger partial charge in [0.25, 0.3) is 17.7 Å². The fraction of sp³-hybridized carbons (Fsp3) is 0.396. The van der Waals surface area contributed by atoms with Crippen LogP contribution < -0.4 is 25.4 Å². The van der Waals surface area contributed by atoms with Crippen LogP contribution in [0.3, 0.4) is 0 Å². The Morgan fingerprint density at radius 3 is 2.31 bits per heavy atom. The van der Waals surface area contributed by atoms with Crippen LogP contribution in [0.1, 0.15) is 85.0 Å². The first-order valence-electron chi connectivity index (χ1n) is 22.7. The van der Waals surface area contributed by atoms with E-state index >= 15 is 0 Å². The Balaban J connectivity index is 0.861. The lowest BCUT2D eigenvalue weighted by Gasteiger charge is -2.27. The molecule has 0 aliphatic carbocycles. The molecular formula is C48H54Cl2N8O11S. The van der Waals surface area contributed by atoms with E-state index in [1.807, 2.05) is 46.9 Å². The second kappa shape index (κ2) is 22.2. The fourth-order valence-electron chi connectivity index (χ4n) is 8.62. The molecule has 22 heteroatoms. The number of hydrogen-bond donors (Lipinski definition) is 5. The van der Waals surface area contributed by atoms with Gasteiger partial charge in [0, 0.05) is 65.9 Å². The monoisotopic (exact) mass is 1020 g/mol. The van der Waals surface area contributed by atoms with Crippen molar-refractivity contribution in [2.75, 3.05) is 57.2 Å². The zero-order valence-corrected chi connectivity index (χ0v) is 41.6. The van der Waals surface area contributed by atoms with Gasteiger partial charge in [-0.05, 0) is 94.0 Å². The molecule has 6 amide bonds. The summed E-state index contributed by atoms with van der Waals surface area (Å²) in [5.74, 6) is -3.61. The number of amides is 6. The molecule has 1 fully saturated rings. The maximum absolute atomic E-state index is 13.9. The number of piperidine rings is 1. The molecule has 19 nitrogen and oxygen atoms in total. The number of anilines is 1. The normalized spacial score (nSPS) is 14.8. The first-order valence-corrected chi connectivity index (χ1v) is 25.1. The summed E-state index contributed by atoms with van der Waals surface area (Å²) in [7, 11) is -2.41. The number of ether oxygens (including phenoxy) is 3. The Kier molecular flexibility index (Phi) is 16.3. The van der Waals surface area contributed by atoms with E-state index in [0.717, 1.165) is 33.0 Å². The van der Waals surface area contributed by atoms with Crippen molar-refractivity contribution in [3.05, 3.63) is 97.4 Å². The smallest absolute Gasteiger partial charge is 0.281 e. The summed E-state index contributed by atoms with van der Waals surface area (Å²) in [5.41, 5.74) is 6.65. The number of carbonyl (C=O) groups excluding carboxylic acids is 6. The summed E-state index contributed by atoms with van der Waals surface area (Å²) < 4.78 is 47.6. The van der Waals surface area contributed by atoms with Crippen molar-refractivity contribution >= 4 is 85.3 Å². The second-order valence-corrected chi connectivity index (χ2v) is 19.6. The average Bonchev–Trinajstić information content (AvgIpc) is 3.89. The summed E-state index contributed by atoms with van der Waals surface area (Å²) in [6.45, 7) is 8.45. The van der Waals surface area contributed by atoms with Gasteiger partial charge in [-0.3, -0.25) is 43.7 Å². The van der Waals surface area contributed by atoms with Gasteiger partial charge in [-0.1, -0.05) is 35.3 Å². The molecule has 1 saturated heterocycles. The molecule has 2 aromatic heterocycles. The molecule has 5 aromatic rings. The number of nitrogens with zero attached hydrogens (tertiary/aromatic N) is 3. The number of carbonyl (C=O) groups is 6. The number of aryl methyl sites for hydroxylation is 5. The third-order valence-electron chi connectivity index (χ3n) is 12.1. The van der Waals surface area contributed by atoms with Crippen LogP contribution in [-0.2, 0) is 47.3 Å². The summed E-state index contributed by atoms with van der Waals surface area (Å²) in [6.07, 6.45) is 0.840. The number of hydrogen-bond acceptors (Lipinski definition) is 13. The van der Waals surface area contributed by atoms with Gasteiger partial charge in [-0.25, -0.2) is 13.1 Å². The van der Waals surface area contributed by atoms with E-state index in [2.05, 4.69) is 30.8 Å². The predicted octanol–water partition coefficient (Wildman–Crippen LogP) is 5.23. The standard InChI is InChI=1S/C48H54Cl2N8O11S/c1-26-24-30(25-27(2)42(26)50)69-18-7-9-31-32-11-12-34(49)41(39-28(3)55-57(5)29(39)4)43(32)54-44(31)46(62)56-70(65,66)23-17-52-37(59)15-19-67-21-22-68-20-16-51-35-10-6-8-33-40(35)48(64)58(47(33)63)36-13-14-38(60)53-45(36)61/h6,8,10-12,24-25,36,51,54H,7,9,13-23H2,1-5H3,(H,52,59)(H,56,62)(H,53,60,61). The van der Waals surface area contributed by atoms with Crippen LogP contribution in [0.2, 0.25) is 10.0 Å². The third-order valence-corrected chi connectivity index (χ3v) is 14.2. The van der Waals surface area contributed by atoms with Crippen molar-refractivity contribution in [2.24, 2.45) is 7.05 Å². The highest BCUT2D eigenvalue weighted by Gasteiger charge is 2.45. The summed E-state index contributed by atoms with van der Waals surface area (Å²) >= 11 is 13.2. The largest absolute Gasteiger partial charge is 0.494 e. The van der Waals surface area contributed by atoms with Crippen molar-refractivity contribution in [2.45, 2.75) is 65.8 Å². The molecule has 372 valence electrons. The molecule has 7 rings (SSSR count). The van der Waals surface area contributed by atoms with Crippen molar-refractivity contribution in [1.82, 2.24) is 35.0 Å². The van der Waals surface area contributed by atoms with Gasteiger partial charge >= 0.3 is 0 Å². The van der Waals surface area contributed by atoms with E-state index in [1.165, 1.54) is 6.07 Å². The molecule has 0 bridgehead atoms. The van der Waals surface area contributed by atoms with Gasteiger partial charge in [0.2, 0.25) is 27.7 Å². The Bertz CT molecular complexity index is 2980. The van der Waals surface area contributed by atoms with Gasteiger partial charge in [0.15, 0.2) is 0 Å². The number of fused-ring (bicyclic) bond motifs is 2. The van der Waals surface area contributed by atoms with Crippen molar-refractivity contribution in [3.8, 4) is 16.9 Å². The molecule has 1 atom stereocenters. The summed E-state index contributed by atoms with van der Waals surface area (Å²) in [4.78, 5) is 80.9. The van der Waals surface area contributed by atoms with Crippen LogP contribution in [0.4, 0.5) is 5.69 Å². The van der Waals surface area contributed by atoms with E-state index in [-0.39, 0.29) is 75.6 Å². The topological polar surface area (TPSA) is 249 Å². The Hall–Kier alpha value is -6.32. The van der Waals surface area contributed by atoms with Gasteiger partial charge < -0.3 is 29.8 Å². The molecule has 3 aromatic carbocycles. The van der Waals surface area contributed by atoms with Crippen LogP contribution in [-0.4, -0.2) is 121 Å². The number of benzene rings is 3. The first kappa shape index (κ1) is 51.5. The summed E-state index contributed by atoms with van der Waals surface area (Å²) in [5, 5.41) is 14.1. The maximum atomic E-state index is 13.9. The lowest BCUT2D eigenvalue weighted by Crippen LogP contribution is -2.54. The van der Waals surface area contributed by atoms with Gasteiger partial charge in [0.05, 0.1) is 66.1 Å². The van der Waals surface area contributed by atoms with Crippen LogP contribution in [0.5, 0.6) is 5.75 Å². The number of rotatable bonds is 22. The molecule has 2 aliphatic heterocycles. The highest BCUT2D eigenvalue weighted by molar-refractivity contribution is 7.90. The Labute approximate surface area is 414 Å². The number of H-pyrrole nitrogens is 1. The number of sulfonamides is 1. The van der Waals surface area contributed by atoms with Crippen molar-refractivity contribution < 1.29 is 51.4 Å². The first-order chi connectivity index (χ1) is 33.4. The van der Waals surface area contributed by atoms with E-state index in [0.29, 0.717) is 63.0 Å². The third kappa shape index (κ3) is 11.5. The molecule has 0 saturated carbocycles. The minimum absolute atomic E-state index is 0.0200.